The first-order chi connectivity index (χ1) is 9.49. The third-order valence-corrected chi connectivity index (χ3v) is 5.34. The normalized spacial score (nSPS) is 12.1. The van der Waals surface area contributed by atoms with E-state index in [4.69, 9.17) is 0 Å². The Morgan fingerprint density at radius 3 is 2.65 bits per heavy atom. The molecule has 1 N–H and O–H groups in total. The van der Waals surface area contributed by atoms with Crippen LogP contribution in [0.25, 0.3) is 10.2 Å². The number of hydrogen-bond acceptors (Lipinski definition) is 4. The molecule has 20 heavy (non-hydrogen) atoms. The maximum Gasteiger partial charge on any atom is 0.308 e. The van der Waals surface area contributed by atoms with Gasteiger partial charge in [0.05, 0.1) is 15.1 Å². The van der Waals surface area contributed by atoms with Crippen LogP contribution in [0.2, 0.25) is 0 Å². The molecule has 0 amide bonds. The first-order valence-corrected chi connectivity index (χ1v) is 8.92. The van der Waals surface area contributed by atoms with Gasteiger partial charge in [0, 0.05) is 13.1 Å². The van der Waals surface area contributed by atoms with E-state index in [9.17, 15) is 13.2 Å². The summed E-state index contributed by atoms with van der Waals surface area (Å²) in [7, 11) is -3.48. The van der Waals surface area contributed by atoms with Crippen molar-refractivity contribution in [3.8, 4) is 0 Å². The van der Waals surface area contributed by atoms with E-state index in [0.29, 0.717) is 17.8 Å². The van der Waals surface area contributed by atoms with Crippen molar-refractivity contribution < 1.29 is 8.42 Å². The summed E-state index contributed by atoms with van der Waals surface area (Å²) in [6, 6.07) is 4.84. The van der Waals surface area contributed by atoms with Gasteiger partial charge in [0.25, 0.3) is 0 Å². The van der Waals surface area contributed by atoms with Crippen molar-refractivity contribution in [2.75, 3.05) is 6.54 Å². The van der Waals surface area contributed by atoms with E-state index in [0.717, 1.165) is 29.7 Å². The molecule has 110 valence electrons. The topological polar surface area (TPSA) is 68.2 Å². The second-order valence-corrected chi connectivity index (χ2v) is 7.31. The van der Waals surface area contributed by atoms with Gasteiger partial charge in [0.2, 0.25) is 10.0 Å². The fraction of sp³-hybridized carbons (Fsp3) is 0.462. The SMILES string of the molecule is CCCNS(=O)(=O)c1ccc2c(c1)sc(=O)n2CCC. The molecular formula is C13H18N2O3S2. The van der Waals surface area contributed by atoms with Gasteiger partial charge in [-0.05, 0) is 31.0 Å². The lowest BCUT2D eigenvalue weighted by Crippen LogP contribution is -2.24. The van der Waals surface area contributed by atoms with Crippen LogP contribution in [0.1, 0.15) is 26.7 Å². The first-order valence-electron chi connectivity index (χ1n) is 6.62. The Kier molecular flexibility index (Phi) is 4.62. The number of nitrogens with one attached hydrogen (secondary N) is 1. The van der Waals surface area contributed by atoms with Gasteiger partial charge in [0.1, 0.15) is 0 Å². The maximum atomic E-state index is 12.1. The van der Waals surface area contributed by atoms with E-state index in [-0.39, 0.29) is 9.77 Å². The molecule has 0 aliphatic heterocycles. The Bertz CT molecular complexity index is 760. The molecule has 2 rings (SSSR count). The maximum absolute atomic E-state index is 12.1. The van der Waals surface area contributed by atoms with E-state index < -0.39 is 10.0 Å². The Labute approximate surface area is 122 Å². The van der Waals surface area contributed by atoms with Gasteiger partial charge in [-0.1, -0.05) is 25.2 Å². The minimum Gasteiger partial charge on any atom is -0.299 e. The minimum absolute atomic E-state index is 0.0436. The van der Waals surface area contributed by atoms with Crippen molar-refractivity contribution in [2.24, 2.45) is 0 Å². The van der Waals surface area contributed by atoms with Crippen molar-refractivity contribution in [3.05, 3.63) is 27.9 Å². The van der Waals surface area contributed by atoms with Crippen LogP contribution < -0.4 is 9.60 Å². The summed E-state index contributed by atoms with van der Waals surface area (Å²) in [5.74, 6) is 0. The van der Waals surface area contributed by atoms with E-state index in [1.807, 2.05) is 13.8 Å². The molecule has 0 radical (unpaired) electrons. The van der Waals surface area contributed by atoms with Crippen LogP contribution in [0.4, 0.5) is 0 Å². The fourth-order valence-corrected chi connectivity index (χ4v) is 4.16. The highest BCUT2D eigenvalue weighted by atomic mass is 32.2. The lowest BCUT2D eigenvalue weighted by atomic mass is 10.3. The number of aryl methyl sites for hydroxylation is 1. The van der Waals surface area contributed by atoms with Gasteiger partial charge in [0.15, 0.2) is 0 Å². The Hall–Kier alpha value is -1.18. The van der Waals surface area contributed by atoms with Gasteiger partial charge in [-0.15, -0.1) is 0 Å². The van der Waals surface area contributed by atoms with E-state index in [1.54, 1.807) is 22.8 Å². The molecule has 0 fully saturated rings. The van der Waals surface area contributed by atoms with Crippen molar-refractivity contribution >= 4 is 31.6 Å². The highest BCUT2D eigenvalue weighted by Crippen LogP contribution is 2.21. The van der Waals surface area contributed by atoms with Crippen molar-refractivity contribution in [3.63, 3.8) is 0 Å². The zero-order chi connectivity index (χ0) is 14.8. The number of thiazole rings is 1. The van der Waals surface area contributed by atoms with Crippen LogP contribution in [0.15, 0.2) is 27.9 Å². The Balaban J connectivity index is 2.48. The average Bonchev–Trinajstić information content (AvgIpc) is 2.73. The van der Waals surface area contributed by atoms with Crippen molar-refractivity contribution in [1.82, 2.24) is 9.29 Å². The monoisotopic (exact) mass is 314 g/mol. The molecule has 0 bridgehead atoms. The van der Waals surface area contributed by atoms with E-state index in [2.05, 4.69) is 4.72 Å². The summed E-state index contributed by atoms with van der Waals surface area (Å²) in [5.41, 5.74) is 0.802. The lowest BCUT2D eigenvalue weighted by molar-refractivity contribution is 0.581. The molecule has 0 spiro atoms. The average molecular weight is 314 g/mol. The lowest BCUT2D eigenvalue weighted by Gasteiger charge is -2.06. The second-order valence-electron chi connectivity index (χ2n) is 4.55. The second kappa shape index (κ2) is 6.07. The van der Waals surface area contributed by atoms with Crippen molar-refractivity contribution in [2.45, 2.75) is 38.1 Å². The van der Waals surface area contributed by atoms with Gasteiger partial charge in [-0.3, -0.25) is 9.36 Å². The molecule has 1 aromatic carbocycles. The first kappa shape index (κ1) is 15.2. The van der Waals surface area contributed by atoms with Crippen LogP contribution in [0.5, 0.6) is 0 Å². The minimum atomic E-state index is -3.48. The summed E-state index contributed by atoms with van der Waals surface area (Å²) in [6.07, 6.45) is 1.60. The number of nitrogens with zero attached hydrogens (tertiary/aromatic N) is 1. The summed E-state index contributed by atoms with van der Waals surface area (Å²) in [5, 5.41) is 0. The molecule has 0 aliphatic rings. The zero-order valence-electron chi connectivity index (χ0n) is 11.5. The molecule has 0 saturated heterocycles. The van der Waals surface area contributed by atoms with Gasteiger partial charge >= 0.3 is 4.87 Å². The molecule has 0 unspecified atom stereocenters. The third kappa shape index (κ3) is 2.94. The molecule has 0 atom stereocenters. The van der Waals surface area contributed by atoms with Crippen LogP contribution in [-0.4, -0.2) is 19.5 Å². The van der Waals surface area contributed by atoms with Crippen LogP contribution in [0.3, 0.4) is 0 Å². The number of benzene rings is 1. The number of hydrogen-bond donors (Lipinski definition) is 1. The fourth-order valence-electron chi connectivity index (χ4n) is 1.97. The number of sulfonamides is 1. The zero-order valence-corrected chi connectivity index (χ0v) is 13.2. The van der Waals surface area contributed by atoms with Gasteiger partial charge in [-0.2, -0.15) is 0 Å². The molecule has 0 aliphatic carbocycles. The van der Waals surface area contributed by atoms with E-state index >= 15 is 0 Å². The molecule has 7 heteroatoms. The van der Waals surface area contributed by atoms with Gasteiger partial charge in [-0.25, -0.2) is 13.1 Å². The molecule has 0 saturated carbocycles. The number of aromatic nitrogens is 1. The summed E-state index contributed by atoms with van der Waals surface area (Å²) >= 11 is 1.09. The molecular weight excluding hydrogens is 296 g/mol. The molecule has 2 aromatic rings. The summed E-state index contributed by atoms with van der Waals surface area (Å²) < 4.78 is 29.1. The highest BCUT2D eigenvalue weighted by molar-refractivity contribution is 7.89. The number of fused-ring (bicyclic) bond motifs is 1. The van der Waals surface area contributed by atoms with Crippen molar-refractivity contribution in [1.29, 1.82) is 0 Å². The largest absolute Gasteiger partial charge is 0.308 e. The summed E-state index contributed by atoms with van der Waals surface area (Å²) in [4.78, 5) is 12.0. The predicted octanol–water partition coefficient (Wildman–Crippen LogP) is 2.16. The van der Waals surface area contributed by atoms with Crippen LogP contribution >= 0.6 is 11.3 Å². The molecule has 1 heterocycles. The van der Waals surface area contributed by atoms with Gasteiger partial charge < -0.3 is 0 Å². The Morgan fingerprint density at radius 1 is 1.25 bits per heavy atom. The number of rotatable bonds is 6. The smallest absolute Gasteiger partial charge is 0.299 e. The van der Waals surface area contributed by atoms with Crippen LogP contribution in [-0.2, 0) is 16.6 Å². The molecule has 5 nitrogen and oxygen atoms in total. The van der Waals surface area contributed by atoms with Crippen LogP contribution in [0, 0.1) is 0 Å². The quantitative estimate of drug-likeness (QED) is 0.888. The predicted molar refractivity (Wildman–Crippen MR) is 81.9 cm³/mol. The molecule has 1 aromatic heterocycles. The highest BCUT2D eigenvalue weighted by Gasteiger charge is 2.15. The summed E-state index contributed by atoms with van der Waals surface area (Å²) in [6.45, 7) is 4.97. The Morgan fingerprint density at radius 2 is 2.00 bits per heavy atom. The standard InChI is InChI=1S/C13H18N2O3S2/c1-3-7-14-20(17,18)10-5-6-11-12(9-10)19-13(16)15(11)8-4-2/h5-6,9,14H,3-4,7-8H2,1-2H3. The van der Waals surface area contributed by atoms with E-state index in [1.165, 1.54) is 0 Å². The third-order valence-electron chi connectivity index (χ3n) is 2.94.